The number of benzene rings is 1. The summed E-state index contributed by atoms with van der Waals surface area (Å²) < 4.78 is 2.40. The Morgan fingerprint density at radius 1 is 1.11 bits per heavy atom. The minimum absolute atomic E-state index is 0.181. The van der Waals surface area contributed by atoms with Gasteiger partial charge in [0.1, 0.15) is 0 Å². The van der Waals surface area contributed by atoms with Crippen molar-refractivity contribution in [2.24, 2.45) is 5.73 Å². The van der Waals surface area contributed by atoms with Crippen LogP contribution >= 0.6 is 38.5 Å². The summed E-state index contributed by atoms with van der Waals surface area (Å²) in [6, 6.07) is 6.55. The molecule has 1 rings (SSSR count). The van der Waals surface area contributed by atoms with Crippen molar-refractivity contribution in [3.8, 4) is 0 Å². The Bertz CT molecular complexity index is 368. The maximum atomic E-state index is 6.30. The van der Waals surface area contributed by atoms with Crippen LogP contribution in [0.2, 0.25) is 0 Å². The molecule has 1 nitrogen and oxygen atoms in total. The molecule has 1 atom stereocenters. The smallest absolute Gasteiger partial charge is 0.0305 e. The average molecular weight is 438 g/mol. The highest BCUT2D eigenvalue weighted by molar-refractivity contribution is 14.1. The minimum atomic E-state index is 0.181. The number of hydrogen-bond donors (Lipinski definition) is 1. The van der Waals surface area contributed by atoms with Crippen LogP contribution in [0, 0.1) is 3.57 Å². The lowest BCUT2D eigenvalue weighted by molar-refractivity contribution is 0.540. The lowest BCUT2D eigenvalue weighted by Crippen LogP contribution is -2.11. The van der Waals surface area contributed by atoms with Crippen molar-refractivity contribution in [1.82, 2.24) is 0 Å². The largest absolute Gasteiger partial charge is 0.324 e. The molecule has 0 fully saturated rings. The second kappa shape index (κ2) is 10.2. The predicted octanol–water partition coefficient (Wildman–Crippen LogP) is 6.19. The molecule has 0 saturated heterocycles. The number of rotatable bonds is 9. The molecular formula is C16H25BrIN. The van der Waals surface area contributed by atoms with Crippen LogP contribution in [-0.2, 0) is 0 Å². The van der Waals surface area contributed by atoms with Crippen molar-refractivity contribution >= 4 is 38.5 Å². The highest BCUT2D eigenvalue weighted by Crippen LogP contribution is 2.26. The van der Waals surface area contributed by atoms with Gasteiger partial charge < -0.3 is 5.73 Å². The SMILES string of the molecule is CCCCCCCCCC(N)c1cc(Br)ccc1I. The van der Waals surface area contributed by atoms with E-state index in [1.807, 2.05) is 0 Å². The quantitative estimate of drug-likeness (QED) is 0.361. The number of halogens is 2. The van der Waals surface area contributed by atoms with Gasteiger partial charge in [-0.1, -0.05) is 67.8 Å². The van der Waals surface area contributed by atoms with E-state index in [9.17, 15) is 0 Å². The first-order valence-corrected chi connectivity index (χ1v) is 9.23. The van der Waals surface area contributed by atoms with Crippen LogP contribution in [0.15, 0.2) is 22.7 Å². The Labute approximate surface area is 140 Å². The molecule has 2 N–H and O–H groups in total. The molecule has 0 heterocycles. The number of nitrogens with two attached hydrogens (primary N) is 1. The van der Waals surface area contributed by atoms with Gasteiger partial charge in [-0.05, 0) is 52.8 Å². The Morgan fingerprint density at radius 2 is 1.74 bits per heavy atom. The Hall–Kier alpha value is 0.390. The number of hydrogen-bond acceptors (Lipinski definition) is 1. The van der Waals surface area contributed by atoms with Crippen LogP contribution in [0.5, 0.6) is 0 Å². The van der Waals surface area contributed by atoms with Gasteiger partial charge >= 0.3 is 0 Å². The summed E-state index contributed by atoms with van der Waals surface area (Å²) in [6.07, 6.45) is 10.5. The van der Waals surface area contributed by atoms with E-state index in [2.05, 4.69) is 63.6 Å². The molecule has 0 aliphatic carbocycles. The van der Waals surface area contributed by atoms with Gasteiger partial charge in [0.15, 0.2) is 0 Å². The third kappa shape index (κ3) is 7.09. The average Bonchev–Trinajstić information content (AvgIpc) is 2.40. The maximum Gasteiger partial charge on any atom is 0.0305 e. The van der Waals surface area contributed by atoms with E-state index >= 15 is 0 Å². The van der Waals surface area contributed by atoms with Crippen LogP contribution in [0.4, 0.5) is 0 Å². The molecule has 1 unspecified atom stereocenters. The van der Waals surface area contributed by atoms with E-state index in [-0.39, 0.29) is 6.04 Å². The molecule has 1 aromatic carbocycles. The normalized spacial score (nSPS) is 12.6. The zero-order valence-electron chi connectivity index (χ0n) is 11.8. The molecule has 0 saturated carbocycles. The summed E-state index contributed by atoms with van der Waals surface area (Å²) in [5.41, 5.74) is 7.58. The topological polar surface area (TPSA) is 26.0 Å². The van der Waals surface area contributed by atoms with E-state index in [0.29, 0.717) is 0 Å². The Morgan fingerprint density at radius 3 is 2.42 bits per heavy atom. The second-order valence-corrected chi connectivity index (χ2v) is 7.26. The zero-order chi connectivity index (χ0) is 14.1. The van der Waals surface area contributed by atoms with Gasteiger partial charge in [0.05, 0.1) is 0 Å². The van der Waals surface area contributed by atoms with Gasteiger partial charge in [-0.25, -0.2) is 0 Å². The number of unbranched alkanes of at least 4 members (excludes halogenated alkanes) is 6. The van der Waals surface area contributed by atoms with Gasteiger partial charge in [-0.15, -0.1) is 0 Å². The van der Waals surface area contributed by atoms with Crippen LogP contribution in [0.25, 0.3) is 0 Å². The zero-order valence-corrected chi connectivity index (χ0v) is 15.5. The summed E-state index contributed by atoms with van der Waals surface area (Å²) in [4.78, 5) is 0. The first-order chi connectivity index (χ1) is 9.15. The second-order valence-electron chi connectivity index (χ2n) is 5.18. The minimum Gasteiger partial charge on any atom is -0.324 e. The van der Waals surface area contributed by atoms with Crippen LogP contribution in [0.1, 0.15) is 69.9 Å². The van der Waals surface area contributed by atoms with Crippen molar-refractivity contribution in [3.63, 3.8) is 0 Å². The molecule has 0 aromatic heterocycles. The van der Waals surface area contributed by atoms with Gasteiger partial charge in [0.2, 0.25) is 0 Å². The lowest BCUT2D eigenvalue weighted by Gasteiger charge is -2.14. The molecule has 1 aromatic rings. The molecule has 0 bridgehead atoms. The molecule has 108 valence electrons. The monoisotopic (exact) mass is 437 g/mol. The molecule has 19 heavy (non-hydrogen) atoms. The van der Waals surface area contributed by atoms with Gasteiger partial charge in [0, 0.05) is 14.1 Å². The first-order valence-electron chi connectivity index (χ1n) is 7.35. The van der Waals surface area contributed by atoms with Crippen molar-refractivity contribution in [1.29, 1.82) is 0 Å². The van der Waals surface area contributed by atoms with E-state index in [1.54, 1.807) is 0 Å². The van der Waals surface area contributed by atoms with Crippen molar-refractivity contribution in [3.05, 3.63) is 31.8 Å². The van der Waals surface area contributed by atoms with Crippen LogP contribution in [0.3, 0.4) is 0 Å². The summed E-state index contributed by atoms with van der Waals surface area (Å²) >= 11 is 5.90. The van der Waals surface area contributed by atoms with E-state index in [1.165, 1.54) is 54.1 Å². The Balaban J connectivity index is 2.23. The lowest BCUT2D eigenvalue weighted by atomic mass is 10.0. The van der Waals surface area contributed by atoms with E-state index in [4.69, 9.17) is 5.73 Å². The highest BCUT2D eigenvalue weighted by Gasteiger charge is 2.09. The van der Waals surface area contributed by atoms with E-state index in [0.717, 1.165) is 10.9 Å². The third-order valence-corrected chi connectivity index (χ3v) is 4.95. The van der Waals surface area contributed by atoms with Crippen molar-refractivity contribution in [2.45, 2.75) is 64.3 Å². The first kappa shape index (κ1) is 17.4. The van der Waals surface area contributed by atoms with Gasteiger partial charge in [-0.2, -0.15) is 0 Å². The molecule has 0 radical (unpaired) electrons. The van der Waals surface area contributed by atoms with Crippen LogP contribution < -0.4 is 5.73 Å². The molecule has 0 aliphatic heterocycles. The predicted molar refractivity (Wildman–Crippen MR) is 96.4 cm³/mol. The fourth-order valence-corrected chi connectivity index (χ4v) is 3.39. The summed E-state index contributed by atoms with van der Waals surface area (Å²) in [5, 5.41) is 0. The van der Waals surface area contributed by atoms with Crippen molar-refractivity contribution < 1.29 is 0 Å². The molecule has 0 spiro atoms. The fraction of sp³-hybridized carbons (Fsp3) is 0.625. The van der Waals surface area contributed by atoms with Crippen LogP contribution in [-0.4, -0.2) is 0 Å². The molecule has 3 heteroatoms. The summed E-state index contributed by atoms with van der Waals surface area (Å²) in [5.74, 6) is 0. The maximum absolute atomic E-state index is 6.30. The summed E-state index contributed by atoms with van der Waals surface area (Å²) in [6.45, 7) is 2.26. The third-order valence-electron chi connectivity index (χ3n) is 3.48. The van der Waals surface area contributed by atoms with Crippen molar-refractivity contribution in [2.75, 3.05) is 0 Å². The Kier molecular flexibility index (Phi) is 9.33. The molecule has 0 amide bonds. The molecular weight excluding hydrogens is 413 g/mol. The molecule has 0 aliphatic rings. The van der Waals surface area contributed by atoms with E-state index < -0.39 is 0 Å². The van der Waals surface area contributed by atoms with Gasteiger partial charge in [0.25, 0.3) is 0 Å². The fourth-order valence-electron chi connectivity index (χ4n) is 2.28. The van der Waals surface area contributed by atoms with Gasteiger partial charge in [-0.3, -0.25) is 0 Å². The summed E-state index contributed by atoms with van der Waals surface area (Å²) in [7, 11) is 0. The standard InChI is InChI=1S/C16H25BrIN/c1-2-3-4-5-6-7-8-9-16(19)14-12-13(17)10-11-15(14)18/h10-12,16H,2-9,19H2,1H3. The highest BCUT2D eigenvalue weighted by atomic mass is 127.